The van der Waals surface area contributed by atoms with E-state index in [1.54, 1.807) is 4.90 Å². The summed E-state index contributed by atoms with van der Waals surface area (Å²) in [6, 6.07) is 0.575. The molecule has 17 heavy (non-hydrogen) atoms. The number of piperazine rings is 1. The van der Waals surface area contributed by atoms with E-state index in [1.807, 2.05) is 20.8 Å². The molecule has 0 saturated carbocycles. The third-order valence-corrected chi connectivity index (χ3v) is 4.41. The molecule has 2 bridgehead atoms. The van der Waals surface area contributed by atoms with Gasteiger partial charge in [-0.3, -0.25) is 0 Å². The average Bonchev–Trinajstić information content (AvgIpc) is 2.13. The van der Waals surface area contributed by atoms with Crippen molar-refractivity contribution >= 4 is 29.0 Å². The number of carbonyl (C=O) groups is 1. The van der Waals surface area contributed by atoms with Gasteiger partial charge in [0.25, 0.3) is 0 Å². The molecule has 0 aromatic heterocycles. The van der Waals surface area contributed by atoms with Crippen molar-refractivity contribution in [2.24, 2.45) is 0 Å². The number of nitrogens with zero attached hydrogens (tertiary/aromatic N) is 2. The van der Waals surface area contributed by atoms with Gasteiger partial charge in [0.15, 0.2) is 0 Å². The van der Waals surface area contributed by atoms with Crippen LogP contribution in [0.2, 0.25) is 0 Å². The van der Waals surface area contributed by atoms with Gasteiger partial charge in [-0.15, -0.1) is 0 Å². The first-order valence-corrected chi connectivity index (χ1v) is 6.83. The van der Waals surface area contributed by atoms with Gasteiger partial charge in [0.05, 0.1) is 25.3 Å². The molecule has 5 nitrogen and oxygen atoms in total. The summed E-state index contributed by atoms with van der Waals surface area (Å²) in [5.41, 5.74) is -0.426. The molecule has 2 aliphatic heterocycles. The molecule has 6 heteroatoms. The SMILES string of the molecule is CC(C)(C)OC(=O)N1CC2COCC(C1)N2I. The fourth-order valence-electron chi connectivity index (χ4n) is 2.10. The average molecular weight is 354 g/mol. The molecule has 2 heterocycles. The number of hydrogen-bond donors (Lipinski definition) is 0. The summed E-state index contributed by atoms with van der Waals surface area (Å²) < 4.78 is 13.2. The maximum absolute atomic E-state index is 12.0. The Morgan fingerprint density at radius 2 is 1.82 bits per heavy atom. The molecule has 2 saturated heterocycles. The summed E-state index contributed by atoms with van der Waals surface area (Å²) in [6.07, 6.45) is -0.209. The third kappa shape index (κ3) is 3.23. The first kappa shape index (κ1) is 13.4. The molecule has 2 aliphatic rings. The van der Waals surface area contributed by atoms with E-state index in [0.717, 1.165) is 0 Å². The van der Waals surface area contributed by atoms with Gasteiger partial charge in [-0.05, 0) is 20.8 Å². The smallest absolute Gasteiger partial charge is 0.410 e. The van der Waals surface area contributed by atoms with Crippen molar-refractivity contribution in [1.82, 2.24) is 8.01 Å². The highest BCUT2D eigenvalue weighted by Crippen LogP contribution is 2.25. The van der Waals surface area contributed by atoms with Gasteiger partial charge in [0.2, 0.25) is 0 Å². The van der Waals surface area contributed by atoms with E-state index < -0.39 is 5.60 Å². The zero-order valence-electron chi connectivity index (χ0n) is 10.5. The van der Waals surface area contributed by atoms with Crippen LogP contribution in [0.4, 0.5) is 4.79 Å². The highest BCUT2D eigenvalue weighted by atomic mass is 127. The second kappa shape index (κ2) is 4.89. The topological polar surface area (TPSA) is 42.0 Å². The van der Waals surface area contributed by atoms with Crippen LogP contribution in [0.25, 0.3) is 0 Å². The molecular formula is C11H19IN2O3. The molecule has 0 aromatic carbocycles. The van der Waals surface area contributed by atoms with E-state index in [1.165, 1.54) is 0 Å². The number of hydrogen-bond acceptors (Lipinski definition) is 4. The highest BCUT2D eigenvalue weighted by Gasteiger charge is 2.39. The number of halogens is 1. The second-order valence-electron chi connectivity index (χ2n) is 5.57. The predicted octanol–water partition coefficient (Wildman–Crippen LogP) is 1.66. The molecular weight excluding hydrogens is 335 g/mol. The summed E-state index contributed by atoms with van der Waals surface area (Å²) in [5, 5.41) is 0. The molecule has 98 valence electrons. The van der Waals surface area contributed by atoms with Crippen LogP contribution in [0.5, 0.6) is 0 Å². The molecule has 2 unspecified atom stereocenters. The molecule has 0 N–H and O–H groups in total. The molecule has 0 radical (unpaired) electrons. The summed E-state index contributed by atoms with van der Waals surface area (Å²) >= 11 is 2.33. The summed E-state index contributed by atoms with van der Waals surface area (Å²) in [6.45, 7) is 8.44. The fourth-order valence-corrected chi connectivity index (χ4v) is 2.77. The molecule has 2 fully saturated rings. The Balaban J connectivity index is 1.97. The van der Waals surface area contributed by atoms with Crippen molar-refractivity contribution in [1.29, 1.82) is 0 Å². The van der Waals surface area contributed by atoms with Crippen LogP contribution in [0.1, 0.15) is 20.8 Å². The zero-order chi connectivity index (χ0) is 12.6. The minimum atomic E-state index is -0.426. The summed E-state index contributed by atoms with van der Waals surface area (Å²) in [4.78, 5) is 13.8. The normalized spacial score (nSPS) is 30.2. The molecule has 0 aromatic rings. The van der Waals surface area contributed by atoms with Gasteiger partial charge < -0.3 is 14.4 Å². The maximum atomic E-state index is 12.0. The number of rotatable bonds is 0. The lowest BCUT2D eigenvalue weighted by molar-refractivity contribution is -0.0516. The molecule has 0 spiro atoms. The van der Waals surface area contributed by atoms with Crippen LogP contribution in [-0.4, -0.2) is 58.1 Å². The van der Waals surface area contributed by atoms with Crippen molar-refractivity contribution in [3.05, 3.63) is 0 Å². The maximum Gasteiger partial charge on any atom is 0.410 e. The number of ether oxygens (including phenoxy) is 2. The first-order chi connectivity index (χ1) is 7.87. The Morgan fingerprint density at radius 1 is 1.29 bits per heavy atom. The van der Waals surface area contributed by atoms with Crippen LogP contribution >= 0.6 is 22.9 Å². The van der Waals surface area contributed by atoms with Crippen LogP contribution in [0.3, 0.4) is 0 Å². The lowest BCUT2D eigenvalue weighted by Gasteiger charge is -2.46. The van der Waals surface area contributed by atoms with Gasteiger partial charge in [-0.25, -0.2) is 7.91 Å². The van der Waals surface area contributed by atoms with Gasteiger partial charge in [-0.2, -0.15) is 0 Å². The van der Waals surface area contributed by atoms with Gasteiger partial charge in [-0.1, -0.05) is 0 Å². The largest absolute Gasteiger partial charge is 0.444 e. The van der Waals surface area contributed by atoms with Crippen LogP contribution in [-0.2, 0) is 9.47 Å². The molecule has 0 aliphatic carbocycles. The Labute approximate surface area is 116 Å². The van der Waals surface area contributed by atoms with Crippen molar-refractivity contribution in [2.75, 3.05) is 26.3 Å². The van der Waals surface area contributed by atoms with Gasteiger partial charge >= 0.3 is 6.09 Å². The summed E-state index contributed by atoms with van der Waals surface area (Å²) in [7, 11) is 0. The Morgan fingerprint density at radius 3 is 2.29 bits per heavy atom. The fraction of sp³-hybridized carbons (Fsp3) is 0.909. The number of morpholine rings is 1. The van der Waals surface area contributed by atoms with Gasteiger partial charge in [0.1, 0.15) is 5.60 Å². The third-order valence-electron chi connectivity index (χ3n) is 2.83. The number of carbonyl (C=O) groups excluding carboxylic acids is 1. The number of fused-ring (bicyclic) bond motifs is 2. The lowest BCUT2D eigenvalue weighted by atomic mass is 10.1. The van der Waals surface area contributed by atoms with Crippen LogP contribution in [0, 0.1) is 0 Å². The highest BCUT2D eigenvalue weighted by molar-refractivity contribution is 14.1. The lowest BCUT2D eigenvalue weighted by Crippen LogP contribution is -2.62. The zero-order valence-corrected chi connectivity index (χ0v) is 12.6. The second-order valence-corrected chi connectivity index (χ2v) is 6.69. The monoisotopic (exact) mass is 354 g/mol. The van der Waals surface area contributed by atoms with E-state index in [4.69, 9.17) is 9.47 Å². The predicted molar refractivity (Wildman–Crippen MR) is 72.1 cm³/mol. The van der Waals surface area contributed by atoms with Crippen molar-refractivity contribution in [3.8, 4) is 0 Å². The number of amides is 1. The molecule has 1 amide bonds. The van der Waals surface area contributed by atoms with Crippen LogP contribution in [0.15, 0.2) is 0 Å². The van der Waals surface area contributed by atoms with Crippen LogP contribution < -0.4 is 0 Å². The van der Waals surface area contributed by atoms with E-state index >= 15 is 0 Å². The van der Waals surface area contributed by atoms with Crippen molar-refractivity contribution < 1.29 is 14.3 Å². The van der Waals surface area contributed by atoms with E-state index in [9.17, 15) is 4.79 Å². The first-order valence-electron chi connectivity index (χ1n) is 5.86. The van der Waals surface area contributed by atoms with Crippen molar-refractivity contribution in [2.45, 2.75) is 38.5 Å². The minimum Gasteiger partial charge on any atom is -0.444 e. The quantitative estimate of drug-likeness (QED) is 0.490. The standard InChI is InChI=1S/C11H19IN2O3/c1-11(2,3)17-10(15)13-4-8-6-16-7-9(5-13)14(8)12/h8-9H,4-7H2,1-3H3. The minimum absolute atomic E-state index is 0.209. The Bertz CT molecular complexity index is 292. The van der Waals surface area contributed by atoms with E-state index in [-0.39, 0.29) is 18.2 Å². The summed E-state index contributed by atoms with van der Waals surface area (Å²) in [5.74, 6) is 0. The van der Waals surface area contributed by atoms with Gasteiger partial charge in [0, 0.05) is 36.0 Å². The molecule has 2 rings (SSSR count). The van der Waals surface area contributed by atoms with Crippen molar-refractivity contribution in [3.63, 3.8) is 0 Å². The van der Waals surface area contributed by atoms with E-state index in [2.05, 4.69) is 26.0 Å². The Kier molecular flexibility index (Phi) is 3.84. The molecule has 2 atom stereocenters. The van der Waals surface area contributed by atoms with E-state index in [0.29, 0.717) is 26.3 Å². The Hall–Kier alpha value is -0.0800.